The molecule has 0 atom stereocenters. The van der Waals surface area contributed by atoms with E-state index in [4.69, 9.17) is 17.3 Å². The third-order valence-corrected chi connectivity index (χ3v) is 2.97. The average Bonchev–Trinajstić information content (AvgIpc) is 2.53. The Balaban J connectivity index is 2.56. The van der Waals surface area contributed by atoms with Gasteiger partial charge in [0.25, 0.3) is 5.91 Å². The van der Waals surface area contributed by atoms with Gasteiger partial charge in [-0.3, -0.25) is 4.79 Å². The van der Waals surface area contributed by atoms with Crippen LogP contribution in [0, 0.1) is 13.8 Å². The zero-order chi connectivity index (χ0) is 11.9. The van der Waals surface area contributed by atoms with E-state index in [2.05, 4.69) is 5.10 Å². The Hall–Kier alpha value is -1.55. The lowest BCUT2D eigenvalue weighted by atomic mass is 10.1. The van der Waals surface area contributed by atoms with Crippen molar-refractivity contribution in [1.29, 1.82) is 0 Å². The summed E-state index contributed by atoms with van der Waals surface area (Å²) in [5.41, 5.74) is 8.17. The molecule has 0 aliphatic carbocycles. The van der Waals surface area contributed by atoms with Gasteiger partial charge >= 0.3 is 0 Å². The first-order valence-corrected chi connectivity index (χ1v) is 5.30. The molecule has 5 heteroatoms. The Morgan fingerprint density at radius 2 is 2.12 bits per heavy atom. The van der Waals surface area contributed by atoms with Gasteiger partial charge in [0, 0.05) is 0 Å². The lowest BCUT2D eigenvalue weighted by Crippen LogP contribution is -2.21. The summed E-state index contributed by atoms with van der Waals surface area (Å²) in [5, 5.41) is 5.80. The molecule has 1 aliphatic rings. The summed E-state index contributed by atoms with van der Waals surface area (Å²) < 4.78 is 0. The van der Waals surface area contributed by atoms with E-state index >= 15 is 0 Å². The van der Waals surface area contributed by atoms with Crippen molar-refractivity contribution < 1.29 is 4.79 Å². The van der Waals surface area contributed by atoms with E-state index in [1.54, 1.807) is 6.07 Å². The fourth-order valence-electron chi connectivity index (χ4n) is 1.65. The quantitative estimate of drug-likeness (QED) is 0.812. The fourth-order valence-corrected chi connectivity index (χ4v) is 1.94. The van der Waals surface area contributed by atoms with Gasteiger partial charge in [0.05, 0.1) is 17.1 Å². The maximum Gasteiger partial charge on any atom is 0.255 e. The number of carbonyl (C=O) groups is 1. The molecule has 2 rings (SSSR count). The molecule has 0 radical (unpaired) electrons. The summed E-state index contributed by atoms with van der Waals surface area (Å²) in [6.07, 6.45) is 0.156. The highest BCUT2D eigenvalue weighted by Crippen LogP contribution is 2.33. The SMILES string of the molecule is Cc1ccc(Cl)c(N2N=C(N)CC2=O)c1C. The number of hydrogen-bond acceptors (Lipinski definition) is 3. The number of aryl methyl sites for hydroxylation is 1. The molecule has 0 unspecified atom stereocenters. The van der Waals surface area contributed by atoms with Crippen LogP contribution in [0.4, 0.5) is 5.69 Å². The Kier molecular flexibility index (Phi) is 2.59. The second-order valence-corrected chi connectivity index (χ2v) is 4.22. The molecule has 1 amide bonds. The summed E-state index contributed by atoms with van der Waals surface area (Å²) in [5.74, 6) is 0.176. The number of hydrazone groups is 1. The molecule has 0 fully saturated rings. The van der Waals surface area contributed by atoms with Crippen molar-refractivity contribution in [2.24, 2.45) is 10.8 Å². The molecule has 0 bridgehead atoms. The lowest BCUT2D eigenvalue weighted by Gasteiger charge is -2.17. The molecule has 0 aromatic heterocycles. The molecular formula is C11H12ClN3O. The minimum absolute atomic E-state index is 0.145. The van der Waals surface area contributed by atoms with Crippen LogP contribution in [-0.2, 0) is 4.79 Å². The van der Waals surface area contributed by atoms with E-state index < -0.39 is 0 Å². The monoisotopic (exact) mass is 237 g/mol. The minimum Gasteiger partial charge on any atom is -0.385 e. The molecule has 1 aromatic carbocycles. The van der Waals surface area contributed by atoms with E-state index in [0.717, 1.165) is 11.1 Å². The predicted molar refractivity (Wildman–Crippen MR) is 64.7 cm³/mol. The minimum atomic E-state index is -0.145. The van der Waals surface area contributed by atoms with Gasteiger partial charge in [-0.15, -0.1) is 0 Å². The van der Waals surface area contributed by atoms with Crippen LogP contribution >= 0.6 is 11.6 Å². The highest BCUT2D eigenvalue weighted by atomic mass is 35.5. The van der Waals surface area contributed by atoms with Gasteiger partial charge in [0.1, 0.15) is 5.84 Å². The van der Waals surface area contributed by atoms with E-state index in [0.29, 0.717) is 16.5 Å². The highest BCUT2D eigenvalue weighted by molar-refractivity contribution is 6.34. The summed E-state index contributed by atoms with van der Waals surface area (Å²) in [4.78, 5) is 11.7. The van der Waals surface area contributed by atoms with Gasteiger partial charge in [-0.1, -0.05) is 17.7 Å². The maximum atomic E-state index is 11.7. The standard InChI is InChI=1S/C11H12ClN3O/c1-6-3-4-8(12)11(7(6)2)15-10(16)5-9(13)14-15/h3-4H,5H2,1-2H3,(H2,13,14). The van der Waals surface area contributed by atoms with Crippen LogP contribution in [0.5, 0.6) is 0 Å². The van der Waals surface area contributed by atoms with Crippen molar-refractivity contribution in [3.05, 3.63) is 28.3 Å². The Morgan fingerprint density at radius 3 is 2.69 bits per heavy atom. The molecule has 2 N–H and O–H groups in total. The van der Waals surface area contributed by atoms with E-state index in [9.17, 15) is 4.79 Å². The largest absolute Gasteiger partial charge is 0.385 e. The number of anilines is 1. The highest BCUT2D eigenvalue weighted by Gasteiger charge is 2.26. The first-order chi connectivity index (χ1) is 7.50. The van der Waals surface area contributed by atoms with Gasteiger partial charge in [0.15, 0.2) is 0 Å². The molecule has 0 saturated carbocycles. The van der Waals surface area contributed by atoms with Crippen molar-refractivity contribution in [2.45, 2.75) is 20.3 Å². The van der Waals surface area contributed by atoms with Crippen LogP contribution in [0.15, 0.2) is 17.2 Å². The van der Waals surface area contributed by atoms with Crippen molar-refractivity contribution in [1.82, 2.24) is 0 Å². The number of hydrogen-bond donors (Lipinski definition) is 1. The molecule has 16 heavy (non-hydrogen) atoms. The number of nitrogens with two attached hydrogens (primary N) is 1. The normalized spacial score (nSPS) is 15.6. The fraction of sp³-hybridized carbons (Fsp3) is 0.273. The predicted octanol–water partition coefficient (Wildman–Crippen LogP) is 1.97. The number of amidine groups is 1. The van der Waals surface area contributed by atoms with E-state index in [1.165, 1.54) is 5.01 Å². The molecule has 0 spiro atoms. The Labute approximate surface area is 98.7 Å². The van der Waals surface area contributed by atoms with Crippen molar-refractivity contribution >= 4 is 29.0 Å². The number of rotatable bonds is 1. The van der Waals surface area contributed by atoms with Crippen LogP contribution in [0.25, 0.3) is 0 Å². The number of benzene rings is 1. The Morgan fingerprint density at radius 1 is 1.44 bits per heavy atom. The molecule has 1 heterocycles. The number of carbonyl (C=O) groups excluding carboxylic acids is 1. The summed E-state index contributed by atoms with van der Waals surface area (Å²) >= 11 is 6.09. The molecule has 0 saturated heterocycles. The smallest absolute Gasteiger partial charge is 0.255 e. The first-order valence-electron chi connectivity index (χ1n) is 4.92. The third kappa shape index (κ3) is 1.65. The topological polar surface area (TPSA) is 58.7 Å². The van der Waals surface area contributed by atoms with Crippen molar-refractivity contribution in [3.8, 4) is 0 Å². The molecule has 4 nitrogen and oxygen atoms in total. The molecule has 1 aromatic rings. The van der Waals surface area contributed by atoms with Crippen molar-refractivity contribution in [3.63, 3.8) is 0 Å². The van der Waals surface area contributed by atoms with E-state index in [-0.39, 0.29) is 12.3 Å². The third-order valence-electron chi connectivity index (χ3n) is 2.66. The van der Waals surface area contributed by atoms with Gasteiger partial charge in [0.2, 0.25) is 0 Å². The number of amides is 1. The van der Waals surface area contributed by atoms with Gasteiger partial charge in [-0.05, 0) is 31.0 Å². The summed E-state index contributed by atoms with van der Waals surface area (Å²) in [6.45, 7) is 3.87. The van der Waals surface area contributed by atoms with Gasteiger partial charge in [-0.2, -0.15) is 10.1 Å². The van der Waals surface area contributed by atoms with Crippen LogP contribution in [0.1, 0.15) is 17.5 Å². The average molecular weight is 238 g/mol. The number of nitrogens with zero attached hydrogens (tertiary/aromatic N) is 2. The molecular weight excluding hydrogens is 226 g/mol. The van der Waals surface area contributed by atoms with Crippen LogP contribution < -0.4 is 10.7 Å². The first kappa shape index (κ1) is 11.0. The van der Waals surface area contributed by atoms with Crippen molar-refractivity contribution in [2.75, 3.05) is 5.01 Å². The summed E-state index contributed by atoms with van der Waals surface area (Å²) in [6, 6.07) is 3.67. The Bertz CT molecular complexity index is 496. The lowest BCUT2D eigenvalue weighted by molar-refractivity contribution is -0.116. The van der Waals surface area contributed by atoms with Crippen LogP contribution in [0.3, 0.4) is 0 Å². The van der Waals surface area contributed by atoms with E-state index in [1.807, 2.05) is 19.9 Å². The van der Waals surface area contributed by atoms with Gasteiger partial charge < -0.3 is 5.73 Å². The van der Waals surface area contributed by atoms with Crippen LogP contribution in [-0.4, -0.2) is 11.7 Å². The zero-order valence-corrected chi connectivity index (χ0v) is 9.88. The maximum absolute atomic E-state index is 11.7. The number of halogens is 1. The molecule has 1 aliphatic heterocycles. The van der Waals surface area contributed by atoms with Crippen LogP contribution in [0.2, 0.25) is 5.02 Å². The second-order valence-electron chi connectivity index (χ2n) is 3.81. The molecule has 84 valence electrons. The zero-order valence-electron chi connectivity index (χ0n) is 9.12. The van der Waals surface area contributed by atoms with Gasteiger partial charge in [-0.25, -0.2) is 0 Å². The summed E-state index contributed by atoms with van der Waals surface area (Å²) in [7, 11) is 0. The second kappa shape index (κ2) is 3.79.